The number of aliphatic hydroxyl groups excluding tert-OH is 1. The Hall–Kier alpha value is -3.34. The zero-order chi connectivity index (χ0) is 30.5. The van der Waals surface area contributed by atoms with E-state index in [4.69, 9.17) is 18.9 Å². The van der Waals surface area contributed by atoms with Crippen molar-refractivity contribution in [3.8, 4) is 5.75 Å². The van der Waals surface area contributed by atoms with Crippen molar-refractivity contribution >= 4 is 17.8 Å². The summed E-state index contributed by atoms with van der Waals surface area (Å²) in [5.41, 5.74) is 1.66. The number of anilines is 1. The number of hydrogen-bond donors (Lipinski definition) is 2. The molecule has 2 aromatic carbocycles. The second-order valence-electron chi connectivity index (χ2n) is 12.4. The molecule has 7 atom stereocenters. The van der Waals surface area contributed by atoms with Crippen LogP contribution in [0, 0.1) is 17.8 Å². The van der Waals surface area contributed by atoms with Crippen LogP contribution in [0.25, 0.3) is 0 Å². The summed E-state index contributed by atoms with van der Waals surface area (Å²) in [7, 11) is 3.31. The van der Waals surface area contributed by atoms with Crippen LogP contribution in [0.5, 0.6) is 5.75 Å². The molecule has 3 amide bonds. The minimum absolute atomic E-state index is 0.0405. The summed E-state index contributed by atoms with van der Waals surface area (Å²) in [6.07, 6.45) is 0.478. The van der Waals surface area contributed by atoms with Gasteiger partial charge in [-0.1, -0.05) is 44.2 Å². The largest absolute Gasteiger partial charge is 0.497 e. The third-order valence-electron chi connectivity index (χ3n) is 8.85. The van der Waals surface area contributed by atoms with Gasteiger partial charge in [0.1, 0.15) is 11.9 Å². The molecule has 0 spiro atoms. The number of benzene rings is 2. The van der Waals surface area contributed by atoms with Crippen molar-refractivity contribution in [2.24, 2.45) is 17.8 Å². The summed E-state index contributed by atoms with van der Waals surface area (Å²) >= 11 is 0. The molecule has 2 aliphatic heterocycles. The zero-order valence-corrected chi connectivity index (χ0v) is 25.6. The summed E-state index contributed by atoms with van der Waals surface area (Å²) in [6.45, 7) is 5.21. The van der Waals surface area contributed by atoms with Crippen molar-refractivity contribution in [1.82, 2.24) is 10.2 Å². The molecule has 2 heterocycles. The Labute approximate surface area is 254 Å². The molecule has 1 saturated carbocycles. The maximum absolute atomic E-state index is 13.7. The van der Waals surface area contributed by atoms with Crippen LogP contribution < -0.4 is 15.0 Å². The topological polar surface area (TPSA) is 110 Å². The number of methoxy groups -OCH3 is 1. The van der Waals surface area contributed by atoms with E-state index in [0.29, 0.717) is 42.8 Å². The summed E-state index contributed by atoms with van der Waals surface area (Å²) < 4.78 is 23.0. The van der Waals surface area contributed by atoms with Crippen molar-refractivity contribution < 1.29 is 33.6 Å². The Balaban J connectivity index is 1.29. The second-order valence-corrected chi connectivity index (χ2v) is 12.4. The van der Waals surface area contributed by atoms with Gasteiger partial charge in [0, 0.05) is 31.1 Å². The van der Waals surface area contributed by atoms with Crippen molar-refractivity contribution in [1.29, 1.82) is 0 Å². The molecule has 0 aromatic heterocycles. The number of alkyl carbamates (subject to hydrolysis) is 1. The minimum Gasteiger partial charge on any atom is -0.497 e. The zero-order valence-electron chi connectivity index (χ0n) is 25.6. The molecule has 3 aliphatic rings. The number of nitrogens with one attached hydrogen (secondary N) is 1. The molecule has 10 nitrogen and oxygen atoms in total. The molecule has 5 unspecified atom stereocenters. The lowest BCUT2D eigenvalue weighted by Gasteiger charge is -2.37. The lowest BCUT2D eigenvalue weighted by molar-refractivity contribution is -0.153. The van der Waals surface area contributed by atoms with E-state index in [1.54, 1.807) is 36.1 Å². The molecule has 2 saturated heterocycles. The Morgan fingerprint density at radius 2 is 1.81 bits per heavy atom. The van der Waals surface area contributed by atoms with Gasteiger partial charge in [-0.15, -0.1) is 0 Å². The van der Waals surface area contributed by atoms with Gasteiger partial charge >= 0.3 is 12.1 Å². The van der Waals surface area contributed by atoms with Gasteiger partial charge in [0.25, 0.3) is 0 Å². The maximum Gasteiger partial charge on any atom is 0.407 e. The second kappa shape index (κ2) is 14.0. The van der Waals surface area contributed by atoms with Gasteiger partial charge in [-0.25, -0.2) is 9.59 Å². The number of urea groups is 1. The van der Waals surface area contributed by atoms with Crippen molar-refractivity contribution in [3.63, 3.8) is 0 Å². The monoisotopic (exact) mass is 595 g/mol. The number of nitrogens with zero attached hydrogens (tertiary/aromatic N) is 2. The fourth-order valence-electron chi connectivity index (χ4n) is 6.34. The van der Waals surface area contributed by atoms with Crippen LogP contribution in [-0.2, 0) is 20.6 Å². The number of carbonyl (C=O) groups is 2. The maximum atomic E-state index is 13.7. The molecule has 2 N–H and O–H groups in total. The summed E-state index contributed by atoms with van der Waals surface area (Å²) in [6, 6.07) is 16.0. The first-order valence-electron chi connectivity index (χ1n) is 15.3. The first-order valence-corrected chi connectivity index (χ1v) is 15.3. The molecule has 234 valence electrons. The molecule has 5 rings (SSSR count). The Morgan fingerprint density at radius 3 is 2.51 bits per heavy atom. The molecular formula is C33H45N3O7. The fraction of sp³-hybridized carbons (Fsp3) is 0.576. The average Bonchev–Trinajstić information content (AvgIpc) is 3.31. The van der Waals surface area contributed by atoms with Gasteiger partial charge in [-0.2, -0.15) is 0 Å². The number of hydrogen-bond acceptors (Lipinski definition) is 7. The summed E-state index contributed by atoms with van der Waals surface area (Å²) in [5.74, 6) is 1.53. The first-order chi connectivity index (χ1) is 20.7. The normalized spacial score (nSPS) is 25.2. The van der Waals surface area contributed by atoms with Crippen LogP contribution in [0.4, 0.5) is 15.3 Å². The Bertz CT molecular complexity index is 1200. The smallest absolute Gasteiger partial charge is 0.407 e. The SMILES string of the molecule is COc1ccc(N(C)C(=O)N(CCC(C)C)C[C@@H](O)[C@H](Cc2ccccc2)NC(=O)OC2C3COC4OC2CC4C3)cc1. The standard InChI is InChI=1S/C33H45N3O7/c1-21(2)14-15-36(33(39)35(3)25-10-12-26(40-4)13-11-25)19-28(37)27(16-22-8-6-5-7-9-22)34-32(38)43-30-24-17-23-18-29(30)42-31(23)41-20-24/h5-13,21,23-24,27-31,37H,14-20H2,1-4H3,(H,34,38)/t23?,24?,27-,28+,29?,30?,31?/m0/s1. The van der Waals surface area contributed by atoms with E-state index in [1.165, 1.54) is 0 Å². The van der Waals surface area contributed by atoms with E-state index >= 15 is 0 Å². The van der Waals surface area contributed by atoms with Crippen LogP contribution >= 0.6 is 0 Å². The molecule has 43 heavy (non-hydrogen) atoms. The van der Waals surface area contributed by atoms with Crippen molar-refractivity contribution in [3.05, 3.63) is 60.2 Å². The van der Waals surface area contributed by atoms with E-state index in [-0.39, 0.29) is 37.0 Å². The van der Waals surface area contributed by atoms with Crippen LogP contribution in [0.3, 0.4) is 0 Å². The summed E-state index contributed by atoms with van der Waals surface area (Å²) in [4.78, 5) is 30.3. The number of carbonyl (C=O) groups excluding carboxylic acids is 2. The van der Waals surface area contributed by atoms with Gasteiger partial charge in [-0.3, -0.25) is 4.90 Å². The van der Waals surface area contributed by atoms with Gasteiger partial charge < -0.3 is 34.3 Å². The van der Waals surface area contributed by atoms with Crippen LogP contribution in [0.1, 0.15) is 38.7 Å². The number of aliphatic hydroxyl groups is 1. The van der Waals surface area contributed by atoms with E-state index < -0.39 is 18.2 Å². The van der Waals surface area contributed by atoms with E-state index in [1.807, 2.05) is 42.5 Å². The predicted molar refractivity (Wildman–Crippen MR) is 162 cm³/mol. The highest BCUT2D eigenvalue weighted by Gasteiger charge is 2.53. The number of fused-ring (bicyclic) bond motifs is 2. The highest BCUT2D eigenvalue weighted by atomic mass is 16.7. The number of rotatable bonds is 12. The molecule has 0 radical (unpaired) electrons. The molecule has 3 bridgehead atoms. The predicted octanol–water partition coefficient (Wildman–Crippen LogP) is 4.45. The van der Waals surface area contributed by atoms with Crippen molar-refractivity contribution in [2.45, 2.75) is 70.2 Å². The average molecular weight is 596 g/mol. The number of amides is 3. The molecule has 3 fully saturated rings. The third-order valence-corrected chi connectivity index (χ3v) is 8.85. The highest BCUT2D eigenvalue weighted by molar-refractivity contribution is 5.91. The van der Waals surface area contributed by atoms with Crippen molar-refractivity contribution in [2.75, 3.05) is 38.8 Å². The molecular weight excluding hydrogens is 550 g/mol. The first kappa shape index (κ1) is 31.1. The lowest BCUT2D eigenvalue weighted by atomic mass is 9.78. The van der Waals surface area contributed by atoms with Crippen LogP contribution in [0.15, 0.2) is 54.6 Å². The number of ether oxygens (including phenoxy) is 4. The third kappa shape index (κ3) is 7.60. The minimum atomic E-state index is -1.05. The summed E-state index contributed by atoms with van der Waals surface area (Å²) in [5, 5.41) is 14.5. The van der Waals surface area contributed by atoms with Gasteiger partial charge in [-0.05, 0) is 61.4 Å². The van der Waals surface area contributed by atoms with Gasteiger partial charge in [0.15, 0.2) is 6.29 Å². The van der Waals surface area contributed by atoms with Gasteiger partial charge in [0.2, 0.25) is 0 Å². The molecule has 2 aromatic rings. The lowest BCUT2D eigenvalue weighted by Crippen LogP contribution is -2.54. The van der Waals surface area contributed by atoms with Crippen LogP contribution in [0.2, 0.25) is 0 Å². The fourth-order valence-corrected chi connectivity index (χ4v) is 6.34. The Kier molecular flexibility index (Phi) is 10.1. The quantitative estimate of drug-likeness (QED) is 0.373. The van der Waals surface area contributed by atoms with E-state index in [2.05, 4.69) is 19.2 Å². The molecule has 1 aliphatic carbocycles. The highest BCUT2D eigenvalue weighted by Crippen LogP contribution is 2.46. The van der Waals surface area contributed by atoms with E-state index in [9.17, 15) is 14.7 Å². The molecule has 10 heteroatoms. The van der Waals surface area contributed by atoms with Crippen LogP contribution in [-0.4, -0.2) is 86.6 Å². The van der Waals surface area contributed by atoms with Gasteiger partial charge in [0.05, 0.1) is 38.5 Å². The van der Waals surface area contributed by atoms with E-state index in [0.717, 1.165) is 24.8 Å². The Morgan fingerprint density at radius 1 is 1.07 bits per heavy atom.